The highest BCUT2D eigenvalue weighted by molar-refractivity contribution is 5.86. The molecule has 1 aromatic rings. The van der Waals surface area contributed by atoms with Gasteiger partial charge in [-0.3, -0.25) is 4.79 Å². The Kier molecular flexibility index (Phi) is 5.58. The number of likely N-dealkylation sites (N-methyl/N-ethyl adjacent to an activating group) is 1. The molecule has 1 amide bonds. The fourth-order valence-electron chi connectivity index (χ4n) is 1.33. The van der Waals surface area contributed by atoms with Gasteiger partial charge < -0.3 is 19.5 Å². The number of aliphatic carboxylic acids is 1. The molecular formula is C14H17NO5. The highest BCUT2D eigenvalue weighted by Gasteiger charge is 2.09. The van der Waals surface area contributed by atoms with Crippen molar-refractivity contribution in [2.75, 3.05) is 27.8 Å². The quantitative estimate of drug-likeness (QED) is 0.793. The molecule has 108 valence electrons. The molecule has 1 N–H and O–H groups in total. The molecule has 0 heterocycles. The molecule has 0 spiro atoms. The average Bonchev–Trinajstić information content (AvgIpc) is 2.42. The van der Waals surface area contributed by atoms with Crippen LogP contribution in [-0.4, -0.2) is 49.7 Å². The van der Waals surface area contributed by atoms with E-state index in [-0.39, 0.29) is 12.5 Å². The summed E-state index contributed by atoms with van der Waals surface area (Å²) >= 11 is 0. The number of hydrogen-bond acceptors (Lipinski definition) is 4. The van der Waals surface area contributed by atoms with E-state index < -0.39 is 5.97 Å². The van der Waals surface area contributed by atoms with Gasteiger partial charge in [0.2, 0.25) is 0 Å². The normalized spacial score (nSPS) is 10.3. The van der Waals surface area contributed by atoms with Gasteiger partial charge in [0.05, 0.1) is 7.11 Å². The molecule has 0 saturated heterocycles. The van der Waals surface area contributed by atoms with E-state index >= 15 is 0 Å². The van der Waals surface area contributed by atoms with E-state index in [0.29, 0.717) is 17.1 Å². The Bertz CT molecular complexity index is 522. The van der Waals surface area contributed by atoms with E-state index in [1.54, 1.807) is 32.3 Å². The lowest BCUT2D eigenvalue weighted by atomic mass is 10.1. The van der Waals surface area contributed by atoms with E-state index in [2.05, 4.69) is 0 Å². The highest BCUT2D eigenvalue weighted by Crippen LogP contribution is 2.26. The second-order valence-electron chi connectivity index (χ2n) is 4.15. The van der Waals surface area contributed by atoms with Crippen LogP contribution in [0.1, 0.15) is 5.56 Å². The average molecular weight is 279 g/mol. The molecule has 0 atom stereocenters. The Morgan fingerprint density at radius 1 is 1.35 bits per heavy atom. The summed E-state index contributed by atoms with van der Waals surface area (Å²) in [6.45, 7) is -0.131. The molecule has 6 heteroatoms. The SMILES string of the molecule is COc1ccc(/C=C/C(=O)O)c(OCC(=O)N(C)C)c1. The summed E-state index contributed by atoms with van der Waals surface area (Å²) < 4.78 is 10.5. The van der Waals surface area contributed by atoms with Crippen LogP contribution in [0.3, 0.4) is 0 Å². The van der Waals surface area contributed by atoms with Crippen molar-refractivity contribution in [2.24, 2.45) is 0 Å². The first kappa shape index (κ1) is 15.6. The van der Waals surface area contributed by atoms with Gasteiger partial charge in [-0.25, -0.2) is 4.79 Å². The number of carbonyl (C=O) groups is 2. The number of ether oxygens (including phenoxy) is 2. The largest absolute Gasteiger partial charge is 0.497 e. The van der Waals surface area contributed by atoms with Crippen molar-refractivity contribution < 1.29 is 24.2 Å². The predicted molar refractivity (Wildman–Crippen MR) is 73.9 cm³/mol. The Morgan fingerprint density at radius 3 is 2.60 bits per heavy atom. The van der Waals surface area contributed by atoms with Crippen LogP contribution in [-0.2, 0) is 9.59 Å². The topological polar surface area (TPSA) is 76.1 Å². The van der Waals surface area contributed by atoms with Crippen LogP contribution in [0, 0.1) is 0 Å². The van der Waals surface area contributed by atoms with E-state index in [4.69, 9.17) is 14.6 Å². The van der Waals surface area contributed by atoms with Crippen LogP contribution >= 0.6 is 0 Å². The zero-order chi connectivity index (χ0) is 15.1. The zero-order valence-electron chi connectivity index (χ0n) is 11.6. The molecular weight excluding hydrogens is 262 g/mol. The van der Waals surface area contributed by atoms with E-state index in [1.165, 1.54) is 18.1 Å². The van der Waals surface area contributed by atoms with Crippen molar-refractivity contribution in [1.82, 2.24) is 4.90 Å². The first-order chi connectivity index (χ1) is 9.43. The second-order valence-corrected chi connectivity index (χ2v) is 4.15. The Hall–Kier alpha value is -2.50. The van der Waals surface area contributed by atoms with Crippen LogP contribution in [0.2, 0.25) is 0 Å². The lowest BCUT2D eigenvalue weighted by molar-refractivity contribution is -0.132. The Labute approximate surface area is 117 Å². The zero-order valence-corrected chi connectivity index (χ0v) is 11.6. The van der Waals surface area contributed by atoms with Crippen molar-refractivity contribution in [3.05, 3.63) is 29.8 Å². The maximum atomic E-state index is 11.5. The van der Waals surface area contributed by atoms with Gasteiger partial charge in [0.15, 0.2) is 6.61 Å². The van der Waals surface area contributed by atoms with Gasteiger partial charge in [0.25, 0.3) is 5.91 Å². The van der Waals surface area contributed by atoms with Crippen molar-refractivity contribution in [3.63, 3.8) is 0 Å². The number of rotatable bonds is 6. The smallest absolute Gasteiger partial charge is 0.328 e. The highest BCUT2D eigenvalue weighted by atomic mass is 16.5. The van der Waals surface area contributed by atoms with E-state index in [0.717, 1.165) is 6.08 Å². The molecule has 0 aromatic heterocycles. The first-order valence-corrected chi connectivity index (χ1v) is 5.86. The number of carboxylic acids is 1. The van der Waals surface area contributed by atoms with Gasteiger partial charge in [0, 0.05) is 31.8 Å². The van der Waals surface area contributed by atoms with Crippen molar-refractivity contribution in [1.29, 1.82) is 0 Å². The van der Waals surface area contributed by atoms with Crippen LogP contribution in [0.4, 0.5) is 0 Å². The molecule has 6 nitrogen and oxygen atoms in total. The number of hydrogen-bond donors (Lipinski definition) is 1. The molecule has 0 saturated carbocycles. The monoisotopic (exact) mass is 279 g/mol. The summed E-state index contributed by atoms with van der Waals surface area (Å²) in [6.07, 6.45) is 2.40. The molecule has 0 radical (unpaired) electrons. The van der Waals surface area contributed by atoms with Gasteiger partial charge in [-0.05, 0) is 18.2 Å². The fraction of sp³-hybridized carbons (Fsp3) is 0.286. The molecule has 0 aliphatic heterocycles. The number of nitrogens with zero attached hydrogens (tertiary/aromatic N) is 1. The lowest BCUT2D eigenvalue weighted by Crippen LogP contribution is -2.27. The predicted octanol–water partition coefficient (Wildman–Crippen LogP) is 1.26. The third-order valence-corrected chi connectivity index (χ3v) is 2.48. The van der Waals surface area contributed by atoms with Gasteiger partial charge in [-0.2, -0.15) is 0 Å². The summed E-state index contributed by atoms with van der Waals surface area (Å²) in [5.41, 5.74) is 0.555. The van der Waals surface area contributed by atoms with E-state index in [9.17, 15) is 9.59 Å². The number of methoxy groups -OCH3 is 1. The third kappa shape index (κ3) is 4.64. The molecule has 20 heavy (non-hydrogen) atoms. The van der Waals surface area contributed by atoms with Gasteiger partial charge in [-0.15, -0.1) is 0 Å². The minimum absolute atomic E-state index is 0.131. The maximum absolute atomic E-state index is 11.5. The van der Waals surface area contributed by atoms with Gasteiger partial charge in [-0.1, -0.05) is 0 Å². The Morgan fingerprint density at radius 2 is 2.05 bits per heavy atom. The number of carbonyl (C=O) groups excluding carboxylic acids is 1. The summed E-state index contributed by atoms with van der Waals surface area (Å²) in [6, 6.07) is 4.94. The third-order valence-electron chi connectivity index (χ3n) is 2.48. The van der Waals surface area contributed by atoms with Gasteiger partial charge in [0.1, 0.15) is 11.5 Å². The molecule has 0 fully saturated rings. The fourth-order valence-corrected chi connectivity index (χ4v) is 1.33. The van der Waals surface area contributed by atoms with Crippen molar-refractivity contribution in [2.45, 2.75) is 0 Å². The molecule has 0 bridgehead atoms. The van der Waals surface area contributed by atoms with E-state index in [1.807, 2.05) is 0 Å². The molecule has 1 aromatic carbocycles. The van der Waals surface area contributed by atoms with Crippen LogP contribution in [0.15, 0.2) is 24.3 Å². The van der Waals surface area contributed by atoms with Crippen LogP contribution < -0.4 is 9.47 Å². The first-order valence-electron chi connectivity index (χ1n) is 5.86. The minimum atomic E-state index is -1.06. The molecule has 1 rings (SSSR count). The second kappa shape index (κ2) is 7.18. The number of benzene rings is 1. The molecule has 0 aliphatic rings. The summed E-state index contributed by atoms with van der Waals surface area (Å²) in [5, 5.41) is 8.64. The lowest BCUT2D eigenvalue weighted by Gasteiger charge is -2.13. The maximum Gasteiger partial charge on any atom is 0.328 e. The van der Waals surface area contributed by atoms with Gasteiger partial charge >= 0.3 is 5.97 Å². The van der Waals surface area contributed by atoms with Crippen molar-refractivity contribution >= 4 is 18.0 Å². The standard InChI is InChI=1S/C14H17NO5/c1-15(2)13(16)9-20-12-8-11(19-3)6-4-10(12)5-7-14(17)18/h4-8H,9H2,1-3H3,(H,17,18)/b7-5+. The minimum Gasteiger partial charge on any atom is -0.497 e. The molecule has 0 unspecified atom stereocenters. The summed E-state index contributed by atoms with van der Waals surface area (Å²) in [4.78, 5) is 23.5. The summed E-state index contributed by atoms with van der Waals surface area (Å²) in [7, 11) is 4.77. The van der Waals surface area contributed by atoms with Crippen LogP contribution in [0.5, 0.6) is 11.5 Å². The number of amides is 1. The molecule has 0 aliphatic carbocycles. The summed E-state index contributed by atoms with van der Waals surface area (Å²) in [5.74, 6) is -0.307. The number of carboxylic acid groups (broad SMARTS) is 1. The Balaban J connectivity index is 2.94. The van der Waals surface area contributed by atoms with Crippen molar-refractivity contribution in [3.8, 4) is 11.5 Å². The van der Waals surface area contributed by atoms with Crippen LogP contribution in [0.25, 0.3) is 6.08 Å².